The second-order valence-corrected chi connectivity index (χ2v) is 5.06. The van der Waals surface area contributed by atoms with E-state index < -0.39 is 0 Å². The van der Waals surface area contributed by atoms with E-state index in [0.29, 0.717) is 13.0 Å². The van der Waals surface area contributed by atoms with Gasteiger partial charge in [-0.25, -0.2) is 0 Å². The number of carbonyl (C=O) groups is 1. The number of nitrogens with one attached hydrogen (secondary N) is 1. The van der Waals surface area contributed by atoms with Crippen molar-refractivity contribution in [1.29, 1.82) is 0 Å². The molecule has 1 N–H and O–H groups in total. The summed E-state index contributed by atoms with van der Waals surface area (Å²) >= 11 is 0. The minimum atomic E-state index is 0.0793. The van der Waals surface area contributed by atoms with Gasteiger partial charge in [0, 0.05) is 45.0 Å². The Morgan fingerprint density at radius 2 is 1.64 bits per heavy atom. The third-order valence-electron chi connectivity index (χ3n) is 3.29. The van der Waals surface area contributed by atoms with Crippen LogP contribution >= 0.6 is 0 Å². The first-order chi connectivity index (χ1) is 10.8. The molecule has 2 rings (SSSR count). The Morgan fingerprint density at radius 1 is 1.05 bits per heavy atom. The molecule has 0 fully saturated rings. The zero-order valence-corrected chi connectivity index (χ0v) is 12.9. The molecule has 5 heteroatoms. The van der Waals surface area contributed by atoms with E-state index in [-0.39, 0.29) is 5.91 Å². The SMILES string of the molecule is CCC(=O)NCCN(Cc1ccccn1)Cc1ccccn1. The molecule has 1 amide bonds. The Balaban J connectivity index is 1.95. The molecule has 5 nitrogen and oxygen atoms in total. The van der Waals surface area contributed by atoms with Crippen LogP contribution < -0.4 is 5.32 Å². The summed E-state index contributed by atoms with van der Waals surface area (Å²) in [5.41, 5.74) is 2.03. The second-order valence-electron chi connectivity index (χ2n) is 5.06. The number of hydrogen-bond acceptors (Lipinski definition) is 4. The molecule has 0 saturated carbocycles. The fourth-order valence-electron chi connectivity index (χ4n) is 2.13. The zero-order valence-electron chi connectivity index (χ0n) is 12.9. The average molecular weight is 298 g/mol. The standard InChI is InChI=1S/C17H22N4O/c1-2-17(22)20-11-12-21(13-15-7-3-5-9-18-15)14-16-8-4-6-10-19-16/h3-10H,2,11-14H2,1H3,(H,20,22). The van der Waals surface area contributed by atoms with Gasteiger partial charge in [0.25, 0.3) is 0 Å². The summed E-state index contributed by atoms with van der Waals surface area (Å²) in [5.74, 6) is 0.0793. The van der Waals surface area contributed by atoms with Crippen LogP contribution in [0.2, 0.25) is 0 Å². The van der Waals surface area contributed by atoms with Crippen LogP contribution in [-0.2, 0) is 17.9 Å². The largest absolute Gasteiger partial charge is 0.355 e. The smallest absolute Gasteiger partial charge is 0.219 e. The molecule has 0 radical (unpaired) electrons. The maximum atomic E-state index is 11.4. The van der Waals surface area contributed by atoms with Gasteiger partial charge in [0.1, 0.15) is 0 Å². The van der Waals surface area contributed by atoms with Gasteiger partial charge in [-0.2, -0.15) is 0 Å². The van der Waals surface area contributed by atoms with Crippen molar-refractivity contribution < 1.29 is 4.79 Å². The molecule has 0 spiro atoms. The van der Waals surface area contributed by atoms with Crippen LogP contribution in [0.3, 0.4) is 0 Å². The Bertz CT molecular complexity index is 518. The van der Waals surface area contributed by atoms with E-state index in [2.05, 4.69) is 20.2 Å². The van der Waals surface area contributed by atoms with E-state index in [9.17, 15) is 4.79 Å². The lowest BCUT2D eigenvalue weighted by atomic mass is 10.3. The van der Waals surface area contributed by atoms with Gasteiger partial charge in [0.15, 0.2) is 0 Å². The molecule has 0 aliphatic heterocycles. The summed E-state index contributed by atoms with van der Waals surface area (Å²) in [5, 5.41) is 2.91. The van der Waals surface area contributed by atoms with Gasteiger partial charge in [-0.05, 0) is 24.3 Å². The maximum Gasteiger partial charge on any atom is 0.219 e. The van der Waals surface area contributed by atoms with Gasteiger partial charge in [-0.1, -0.05) is 19.1 Å². The van der Waals surface area contributed by atoms with E-state index in [4.69, 9.17) is 0 Å². The van der Waals surface area contributed by atoms with E-state index in [1.165, 1.54) is 0 Å². The summed E-state index contributed by atoms with van der Waals surface area (Å²) in [4.78, 5) is 22.3. The normalized spacial score (nSPS) is 10.6. The molecule has 0 atom stereocenters. The highest BCUT2D eigenvalue weighted by Gasteiger charge is 2.09. The minimum absolute atomic E-state index is 0.0793. The molecule has 0 aliphatic rings. The van der Waals surface area contributed by atoms with Crippen molar-refractivity contribution >= 4 is 5.91 Å². The van der Waals surface area contributed by atoms with Gasteiger partial charge in [-0.15, -0.1) is 0 Å². The average Bonchev–Trinajstić information content (AvgIpc) is 2.56. The summed E-state index contributed by atoms with van der Waals surface area (Å²) in [6.07, 6.45) is 4.11. The van der Waals surface area contributed by atoms with E-state index in [1.807, 2.05) is 43.3 Å². The highest BCUT2D eigenvalue weighted by Crippen LogP contribution is 2.06. The first kappa shape index (κ1) is 16.1. The molecular formula is C17H22N4O. The van der Waals surface area contributed by atoms with Crippen molar-refractivity contribution in [2.75, 3.05) is 13.1 Å². The van der Waals surface area contributed by atoms with E-state index in [1.54, 1.807) is 12.4 Å². The van der Waals surface area contributed by atoms with Crippen molar-refractivity contribution in [2.45, 2.75) is 26.4 Å². The highest BCUT2D eigenvalue weighted by molar-refractivity contribution is 5.75. The minimum Gasteiger partial charge on any atom is -0.355 e. The summed E-state index contributed by atoms with van der Waals surface area (Å²) in [6.45, 7) is 4.72. The van der Waals surface area contributed by atoms with Crippen LogP contribution in [0.1, 0.15) is 24.7 Å². The van der Waals surface area contributed by atoms with Crippen LogP contribution in [0.15, 0.2) is 48.8 Å². The molecule has 2 heterocycles. The van der Waals surface area contributed by atoms with Crippen molar-refractivity contribution in [3.63, 3.8) is 0 Å². The third-order valence-corrected chi connectivity index (χ3v) is 3.29. The van der Waals surface area contributed by atoms with Crippen molar-refractivity contribution in [1.82, 2.24) is 20.2 Å². The van der Waals surface area contributed by atoms with Crippen LogP contribution in [-0.4, -0.2) is 33.9 Å². The van der Waals surface area contributed by atoms with Crippen LogP contribution in [0, 0.1) is 0 Å². The first-order valence-corrected chi connectivity index (χ1v) is 7.57. The van der Waals surface area contributed by atoms with Gasteiger partial charge in [0.2, 0.25) is 5.91 Å². The fraction of sp³-hybridized carbons (Fsp3) is 0.353. The summed E-state index contributed by atoms with van der Waals surface area (Å²) in [6, 6.07) is 11.8. The van der Waals surface area contributed by atoms with Crippen molar-refractivity contribution in [3.8, 4) is 0 Å². The Kier molecular flexibility index (Phi) is 6.51. The number of rotatable bonds is 8. The third kappa shape index (κ3) is 5.61. The van der Waals surface area contributed by atoms with E-state index >= 15 is 0 Å². The predicted molar refractivity (Wildman–Crippen MR) is 85.9 cm³/mol. The Labute approximate surface area is 131 Å². The molecule has 0 saturated heterocycles. The monoisotopic (exact) mass is 298 g/mol. The number of aromatic nitrogens is 2. The lowest BCUT2D eigenvalue weighted by Gasteiger charge is -2.21. The number of carbonyl (C=O) groups excluding carboxylic acids is 1. The van der Waals surface area contributed by atoms with Gasteiger partial charge in [0.05, 0.1) is 11.4 Å². The first-order valence-electron chi connectivity index (χ1n) is 7.57. The van der Waals surface area contributed by atoms with Gasteiger partial charge < -0.3 is 5.32 Å². The molecule has 2 aromatic rings. The van der Waals surface area contributed by atoms with Crippen molar-refractivity contribution in [3.05, 3.63) is 60.2 Å². The van der Waals surface area contributed by atoms with Gasteiger partial charge in [-0.3, -0.25) is 19.7 Å². The van der Waals surface area contributed by atoms with Crippen LogP contribution in [0.25, 0.3) is 0 Å². The van der Waals surface area contributed by atoms with Crippen LogP contribution in [0.5, 0.6) is 0 Å². The van der Waals surface area contributed by atoms with Crippen molar-refractivity contribution in [2.24, 2.45) is 0 Å². The number of pyridine rings is 2. The number of hydrogen-bond donors (Lipinski definition) is 1. The lowest BCUT2D eigenvalue weighted by Crippen LogP contribution is -2.34. The molecule has 0 aliphatic carbocycles. The number of amides is 1. The summed E-state index contributed by atoms with van der Waals surface area (Å²) in [7, 11) is 0. The zero-order chi connectivity index (χ0) is 15.6. The molecule has 116 valence electrons. The number of nitrogens with zero attached hydrogens (tertiary/aromatic N) is 3. The topological polar surface area (TPSA) is 58.1 Å². The summed E-state index contributed by atoms with van der Waals surface area (Å²) < 4.78 is 0. The molecule has 2 aromatic heterocycles. The Morgan fingerprint density at radius 3 is 2.09 bits per heavy atom. The maximum absolute atomic E-state index is 11.4. The van der Waals surface area contributed by atoms with Crippen LogP contribution in [0.4, 0.5) is 0 Å². The molecule has 0 bridgehead atoms. The van der Waals surface area contributed by atoms with Gasteiger partial charge >= 0.3 is 0 Å². The molecule has 22 heavy (non-hydrogen) atoms. The molecular weight excluding hydrogens is 276 g/mol. The highest BCUT2D eigenvalue weighted by atomic mass is 16.1. The lowest BCUT2D eigenvalue weighted by molar-refractivity contribution is -0.120. The van der Waals surface area contributed by atoms with E-state index in [0.717, 1.165) is 31.0 Å². The predicted octanol–water partition coefficient (Wildman–Crippen LogP) is 2.00. The molecule has 0 aromatic carbocycles. The quantitative estimate of drug-likeness (QED) is 0.810. The Hall–Kier alpha value is -2.27. The molecule has 0 unspecified atom stereocenters. The fourth-order valence-corrected chi connectivity index (χ4v) is 2.13. The second kappa shape index (κ2) is 8.89.